The second-order valence-electron chi connectivity index (χ2n) is 7.67. The van der Waals surface area contributed by atoms with Gasteiger partial charge in [0.2, 0.25) is 5.91 Å². The number of amides is 1. The van der Waals surface area contributed by atoms with Crippen LogP contribution in [0.1, 0.15) is 37.7 Å². The van der Waals surface area contributed by atoms with Crippen molar-refractivity contribution in [2.45, 2.75) is 45.1 Å². The third kappa shape index (κ3) is 9.31. The molecule has 1 unspecified atom stereocenters. The highest BCUT2D eigenvalue weighted by molar-refractivity contribution is 5.86. The van der Waals surface area contributed by atoms with Crippen molar-refractivity contribution in [1.29, 1.82) is 0 Å². The van der Waals surface area contributed by atoms with Crippen LogP contribution in [0.3, 0.4) is 0 Å². The summed E-state index contributed by atoms with van der Waals surface area (Å²) in [6, 6.07) is 8.83. The Hall–Kier alpha value is -0.720. The van der Waals surface area contributed by atoms with Gasteiger partial charge in [-0.3, -0.25) is 9.69 Å². The molecule has 0 saturated carbocycles. The number of aryl methyl sites for hydroxylation is 1. The summed E-state index contributed by atoms with van der Waals surface area (Å²) < 4.78 is 0. The first-order valence-electron chi connectivity index (χ1n) is 10.3. The molecule has 8 heteroatoms. The second kappa shape index (κ2) is 15.1. The summed E-state index contributed by atoms with van der Waals surface area (Å²) in [6.45, 7) is 9.55. The highest BCUT2D eigenvalue weighted by Gasteiger charge is 2.20. The van der Waals surface area contributed by atoms with E-state index in [1.54, 1.807) is 0 Å². The Morgan fingerprint density at radius 3 is 2.52 bits per heavy atom. The fourth-order valence-electron chi connectivity index (χ4n) is 3.93. The largest absolute Gasteiger partial charge is 0.369 e. The van der Waals surface area contributed by atoms with Gasteiger partial charge in [-0.2, -0.15) is 0 Å². The number of anilines is 1. The number of hydrogen-bond donors (Lipinski definition) is 2. The summed E-state index contributed by atoms with van der Waals surface area (Å²) >= 11 is 0. The molecule has 1 atom stereocenters. The zero-order valence-corrected chi connectivity index (χ0v) is 19.8. The number of nitrogens with one attached hydrogen (secondary N) is 2. The van der Waals surface area contributed by atoms with E-state index in [4.69, 9.17) is 0 Å². The van der Waals surface area contributed by atoms with Crippen molar-refractivity contribution in [2.75, 3.05) is 50.7 Å². The Kier molecular flexibility index (Phi) is 14.8. The molecule has 0 aliphatic carbocycles. The minimum Gasteiger partial charge on any atom is -0.369 e. The Morgan fingerprint density at radius 1 is 1.10 bits per heavy atom. The number of carbonyl (C=O) groups excluding carboxylic acids is 1. The lowest BCUT2D eigenvalue weighted by atomic mass is 10.0. The second-order valence-corrected chi connectivity index (χ2v) is 7.67. The van der Waals surface area contributed by atoms with Crippen LogP contribution in [0.4, 0.5) is 5.69 Å². The summed E-state index contributed by atoms with van der Waals surface area (Å²) in [7, 11) is 0. The minimum absolute atomic E-state index is 0. The average molecular weight is 468 g/mol. The van der Waals surface area contributed by atoms with Gasteiger partial charge in [-0.25, -0.2) is 0 Å². The van der Waals surface area contributed by atoms with Crippen molar-refractivity contribution in [1.82, 2.24) is 15.5 Å². The van der Waals surface area contributed by atoms with E-state index in [0.717, 1.165) is 65.1 Å². The maximum absolute atomic E-state index is 12.1. The molecule has 168 valence electrons. The number of piperazine rings is 1. The molecule has 2 saturated heterocycles. The van der Waals surface area contributed by atoms with Crippen molar-refractivity contribution >= 4 is 48.8 Å². The Bertz CT molecular complexity index is 577. The van der Waals surface area contributed by atoms with E-state index in [1.807, 2.05) is 0 Å². The SMILES string of the molecule is Cc1cccc(N2CCN(CCCCNC(=O)C3CCCCN3)CC2)c1.Cl.Cl.Cl. The molecule has 1 aromatic carbocycles. The molecule has 2 fully saturated rings. The number of unbranched alkanes of at least 4 members (excludes halogenated alkanes) is 1. The highest BCUT2D eigenvalue weighted by atomic mass is 35.5. The van der Waals surface area contributed by atoms with E-state index in [9.17, 15) is 4.79 Å². The van der Waals surface area contributed by atoms with Gasteiger partial charge < -0.3 is 15.5 Å². The van der Waals surface area contributed by atoms with Gasteiger partial charge in [0.25, 0.3) is 0 Å². The zero-order valence-electron chi connectivity index (χ0n) is 17.4. The third-order valence-corrected chi connectivity index (χ3v) is 5.57. The van der Waals surface area contributed by atoms with Crippen LogP contribution in [0.5, 0.6) is 0 Å². The summed E-state index contributed by atoms with van der Waals surface area (Å²) in [4.78, 5) is 17.1. The zero-order chi connectivity index (χ0) is 18.2. The molecular weight excluding hydrogens is 431 g/mol. The fourth-order valence-corrected chi connectivity index (χ4v) is 3.93. The first kappa shape index (κ1) is 28.3. The van der Waals surface area contributed by atoms with E-state index in [2.05, 4.69) is 51.6 Å². The number of benzene rings is 1. The number of hydrogen-bond acceptors (Lipinski definition) is 4. The Morgan fingerprint density at radius 2 is 1.86 bits per heavy atom. The molecule has 0 radical (unpaired) electrons. The highest BCUT2D eigenvalue weighted by Crippen LogP contribution is 2.17. The van der Waals surface area contributed by atoms with E-state index in [1.165, 1.54) is 24.1 Å². The molecule has 1 amide bonds. The van der Waals surface area contributed by atoms with Crippen LogP contribution in [-0.2, 0) is 4.79 Å². The monoisotopic (exact) mass is 466 g/mol. The molecule has 2 aliphatic rings. The molecule has 3 rings (SSSR count). The van der Waals surface area contributed by atoms with Gasteiger partial charge >= 0.3 is 0 Å². The fraction of sp³-hybridized carbons (Fsp3) is 0.667. The first-order chi connectivity index (χ1) is 12.7. The summed E-state index contributed by atoms with van der Waals surface area (Å²) in [5.74, 6) is 0.191. The smallest absolute Gasteiger partial charge is 0.237 e. The van der Waals surface area contributed by atoms with Crippen LogP contribution < -0.4 is 15.5 Å². The van der Waals surface area contributed by atoms with E-state index in [-0.39, 0.29) is 49.2 Å². The van der Waals surface area contributed by atoms with Gasteiger partial charge in [-0.05, 0) is 63.4 Å². The quantitative estimate of drug-likeness (QED) is 0.603. The number of piperidine rings is 1. The number of halogens is 3. The minimum atomic E-state index is 0. The van der Waals surface area contributed by atoms with Crippen molar-refractivity contribution in [2.24, 2.45) is 0 Å². The van der Waals surface area contributed by atoms with Crippen molar-refractivity contribution < 1.29 is 4.79 Å². The van der Waals surface area contributed by atoms with Crippen LogP contribution in [0.25, 0.3) is 0 Å². The van der Waals surface area contributed by atoms with Crippen molar-refractivity contribution in [3.05, 3.63) is 29.8 Å². The molecule has 2 heterocycles. The van der Waals surface area contributed by atoms with Gasteiger partial charge in [0.15, 0.2) is 0 Å². The molecule has 0 spiro atoms. The number of rotatable bonds is 7. The van der Waals surface area contributed by atoms with E-state index in [0.29, 0.717) is 0 Å². The number of carbonyl (C=O) groups is 1. The average Bonchev–Trinajstić information content (AvgIpc) is 2.69. The van der Waals surface area contributed by atoms with E-state index >= 15 is 0 Å². The van der Waals surface area contributed by atoms with Crippen LogP contribution >= 0.6 is 37.2 Å². The van der Waals surface area contributed by atoms with Crippen LogP contribution in [0.15, 0.2) is 24.3 Å². The molecule has 1 aromatic rings. The van der Waals surface area contributed by atoms with E-state index < -0.39 is 0 Å². The summed E-state index contributed by atoms with van der Waals surface area (Å²) in [5.41, 5.74) is 2.68. The van der Waals surface area contributed by atoms with Crippen LogP contribution in [-0.4, -0.2) is 62.7 Å². The van der Waals surface area contributed by atoms with Crippen molar-refractivity contribution in [3.8, 4) is 0 Å². The first-order valence-corrected chi connectivity index (χ1v) is 10.3. The normalized spacial score (nSPS) is 19.3. The summed E-state index contributed by atoms with van der Waals surface area (Å²) in [6.07, 6.45) is 5.57. The molecule has 5 nitrogen and oxygen atoms in total. The van der Waals surface area contributed by atoms with Crippen LogP contribution in [0, 0.1) is 6.92 Å². The topological polar surface area (TPSA) is 47.6 Å². The third-order valence-electron chi connectivity index (χ3n) is 5.57. The van der Waals surface area contributed by atoms with Crippen molar-refractivity contribution in [3.63, 3.8) is 0 Å². The van der Waals surface area contributed by atoms with Gasteiger partial charge in [0.1, 0.15) is 0 Å². The van der Waals surface area contributed by atoms with Gasteiger partial charge in [0.05, 0.1) is 6.04 Å². The molecule has 2 aliphatic heterocycles. The van der Waals surface area contributed by atoms with Gasteiger partial charge in [-0.15, -0.1) is 37.2 Å². The lowest BCUT2D eigenvalue weighted by molar-refractivity contribution is -0.123. The molecule has 2 N–H and O–H groups in total. The molecule has 0 bridgehead atoms. The predicted octanol–water partition coefficient (Wildman–Crippen LogP) is 3.42. The summed E-state index contributed by atoms with van der Waals surface area (Å²) in [5, 5.41) is 6.40. The standard InChI is InChI=1S/C21H34N4O.3ClH/c1-18-7-6-8-19(17-18)25-15-13-24(14-16-25)12-5-4-11-23-21(26)20-9-2-3-10-22-20;;;/h6-8,17,20,22H,2-5,9-16H2,1H3,(H,23,26);3*1H. The lowest BCUT2D eigenvalue weighted by Gasteiger charge is -2.36. The number of nitrogens with zero attached hydrogens (tertiary/aromatic N) is 2. The lowest BCUT2D eigenvalue weighted by Crippen LogP contribution is -2.47. The molecule has 29 heavy (non-hydrogen) atoms. The van der Waals surface area contributed by atoms with Crippen LogP contribution in [0.2, 0.25) is 0 Å². The Labute approximate surface area is 194 Å². The maximum Gasteiger partial charge on any atom is 0.237 e. The van der Waals surface area contributed by atoms with Gasteiger partial charge in [0, 0.05) is 38.4 Å². The van der Waals surface area contributed by atoms with Gasteiger partial charge in [-0.1, -0.05) is 18.6 Å². The molecular formula is C21H37Cl3N4O. The Balaban J connectivity index is 0.00000261. The predicted molar refractivity (Wildman–Crippen MR) is 129 cm³/mol. The molecule has 0 aromatic heterocycles. The maximum atomic E-state index is 12.1.